The molecule has 3 heteroatoms. The highest BCUT2D eigenvalue weighted by molar-refractivity contribution is 5.89. The van der Waals surface area contributed by atoms with Crippen LogP contribution in [0, 0.1) is 18.8 Å². The molecule has 2 unspecified atom stereocenters. The second kappa shape index (κ2) is 6.79. The zero-order valence-corrected chi connectivity index (χ0v) is 13.5. The highest BCUT2D eigenvalue weighted by Crippen LogP contribution is 2.29. The van der Waals surface area contributed by atoms with Crippen molar-refractivity contribution in [1.29, 1.82) is 0 Å². The van der Waals surface area contributed by atoms with Gasteiger partial charge < -0.3 is 10.6 Å². The molecule has 2 atom stereocenters. The van der Waals surface area contributed by atoms with Crippen molar-refractivity contribution in [3.63, 3.8) is 0 Å². The largest absolute Gasteiger partial charge is 0.384 e. The maximum Gasteiger partial charge on any atom is 0.221 e. The van der Waals surface area contributed by atoms with Gasteiger partial charge >= 0.3 is 0 Å². The number of benzene rings is 1. The Morgan fingerprint density at radius 2 is 2.10 bits per heavy atom. The van der Waals surface area contributed by atoms with Crippen LogP contribution in [-0.2, 0) is 4.79 Å². The predicted octanol–water partition coefficient (Wildman–Crippen LogP) is 4.36. The molecule has 0 heterocycles. The lowest BCUT2D eigenvalue weighted by Crippen LogP contribution is -2.20. The predicted molar refractivity (Wildman–Crippen MR) is 89.6 cm³/mol. The molecule has 1 aromatic carbocycles. The summed E-state index contributed by atoms with van der Waals surface area (Å²) in [6.45, 7) is 9.13. The maximum absolute atomic E-state index is 11.1. The van der Waals surface area contributed by atoms with E-state index in [4.69, 9.17) is 0 Å². The van der Waals surface area contributed by atoms with Crippen LogP contribution in [0.1, 0.15) is 39.2 Å². The molecule has 1 aliphatic carbocycles. The summed E-state index contributed by atoms with van der Waals surface area (Å²) in [6.07, 6.45) is 4.82. The Balaban J connectivity index is 1.99. The maximum atomic E-state index is 11.1. The lowest BCUT2D eigenvalue weighted by atomic mass is 9.83. The summed E-state index contributed by atoms with van der Waals surface area (Å²) in [5.41, 5.74) is 4.68. The van der Waals surface area contributed by atoms with Gasteiger partial charge in [-0.2, -0.15) is 0 Å². The molecule has 0 saturated carbocycles. The van der Waals surface area contributed by atoms with Gasteiger partial charge in [-0.3, -0.25) is 4.79 Å². The molecule has 0 fully saturated rings. The van der Waals surface area contributed by atoms with Gasteiger partial charge in [-0.05, 0) is 56.2 Å². The quantitative estimate of drug-likeness (QED) is 0.808. The Morgan fingerprint density at radius 3 is 2.76 bits per heavy atom. The van der Waals surface area contributed by atoms with Gasteiger partial charge in [0.2, 0.25) is 5.91 Å². The fourth-order valence-electron chi connectivity index (χ4n) is 3.19. The first-order valence-corrected chi connectivity index (χ1v) is 7.73. The number of aryl methyl sites for hydroxylation is 1. The molecule has 114 valence electrons. The highest BCUT2D eigenvalue weighted by Gasteiger charge is 2.18. The molecule has 0 spiro atoms. The van der Waals surface area contributed by atoms with Crippen molar-refractivity contribution < 1.29 is 4.79 Å². The van der Waals surface area contributed by atoms with Crippen molar-refractivity contribution in [3.05, 3.63) is 35.4 Å². The van der Waals surface area contributed by atoms with E-state index in [2.05, 4.69) is 37.5 Å². The molecule has 21 heavy (non-hydrogen) atoms. The number of hydrogen-bond acceptors (Lipinski definition) is 2. The summed E-state index contributed by atoms with van der Waals surface area (Å²) in [4.78, 5) is 11.1. The van der Waals surface area contributed by atoms with Gasteiger partial charge in [0.25, 0.3) is 0 Å². The van der Waals surface area contributed by atoms with Gasteiger partial charge in [-0.1, -0.05) is 24.6 Å². The summed E-state index contributed by atoms with van der Waals surface area (Å²) in [5, 5.41) is 6.40. The van der Waals surface area contributed by atoms with Crippen LogP contribution < -0.4 is 10.6 Å². The molecular formula is C18H26N2O. The molecule has 2 rings (SSSR count). The number of amides is 1. The molecule has 1 amide bonds. The Morgan fingerprint density at radius 1 is 1.33 bits per heavy atom. The van der Waals surface area contributed by atoms with Gasteiger partial charge in [0.05, 0.1) is 0 Å². The van der Waals surface area contributed by atoms with Gasteiger partial charge in [0, 0.05) is 24.8 Å². The number of anilines is 2. The standard InChI is InChI=1S/C18H26N2O/c1-12-7-13(2)9-16(8-12)11-19-18-10-17(20-15(4)21)6-5-14(18)3/h5-7,10,12,16,19H,8-9,11H2,1-4H3,(H,20,21). The van der Waals surface area contributed by atoms with Crippen LogP contribution in [0.2, 0.25) is 0 Å². The summed E-state index contributed by atoms with van der Waals surface area (Å²) >= 11 is 0. The molecule has 0 saturated heterocycles. The van der Waals surface area contributed by atoms with E-state index in [1.54, 1.807) is 0 Å². The van der Waals surface area contributed by atoms with E-state index < -0.39 is 0 Å². The smallest absolute Gasteiger partial charge is 0.221 e. The average Bonchev–Trinajstić information content (AvgIpc) is 2.37. The topological polar surface area (TPSA) is 41.1 Å². The first-order valence-electron chi connectivity index (χ1n) is 7.73. The van der Waals surface area contributed by atoms with Crippen LogP contribution in [0.25, 0.3) is 0 Å². The van der Waals surface area contributed by atoms with Gasteiger partial charge in [0.1, 0.15) is 0 Å². The molecule has 0 radical (unpaired) electrons. The first-order chi connectivity index (χ1) is 9.94. The Bertz CT molecular complexity index is 548. The normalized spacial score (nSPS) is 21.6. The highest BCUT2D eigenvalue weighted by atomic mass is 16.1. The van der Waals surface area contributed by atoms with Crippen molar-refractivity contribution in [2.75, 3.05) is 17.2 Å². The molecule has 2 N–H and O–H groups in total. The van der Waals surface area contributed by atoms with Crippen molar-refractivity contribution >= 4 is 17.3 Å². The van der Waals surface area contributed by atoms with E-state index in [-0.39, 0.29) is 5.91 Å². The SMILES string of the molecule is CC(=O)Nc1ccc(C)c(NCC2CC(C)=CC(C)C2)c1. The lowest BCUT2D eigenvalue weighted by molar-refractivity contribution is -0.114. The monoisotopic (exact) mass is 286 g/mol. The number of nitrogens with one attached hydrogen (secondary N) is 2. The zero-order valence-electron chi connectivity index (χ0n) is 13.5. The van der Waals surface area contributed by atoms with Crippen LogP contribution in [0.15, 0.2) is 29.8 Å². The Kier molecular flexibility index (Phi) is 5.05. The van der Waals surface area contributed by atoms with Gasteiger partial charge in [0.15, 0.2) is 0 Å². The minimum atomic E-state index is -0.0355. The summed E-state index contributed by atoms with van der Waals surface area (Å²) < 4.78 is 0. The number of allylic oxidation sites excluding steroid dienone is 2. The Hall–Kier alpha value is -1.77. The average molecular weight is 286 g/mol. The minimum absolute atomic E-state index is 0.0355. The van der Waals surface area contributed by atoms with Gasteiger partial charge in [-0.15, -0.1) is 0 Å². The van der Waals surface area contributed by atoms with Gasteiger partial charge in [-0.25, -0.2) is 0 Å². The van der Waals surface area contributed by atoms with E-state index >= 15 is 0 Å². The molecule has 0 aliphatic heterocycles. The van der Waals surface area contributed by atoms with E-state index in [0.717, 1.165) is 17.9 Å². The van der Waals surface area contributed by atoms with E-state index in [1.807, 2.05) is 18.2 Å². The van der Waals surface area contributed by atoms with Crippen molar-refractivity contribution in [2.45, 2.75) is 40.5 Å². The third-order valence-electron chi connectivity index (χ3n) is 4.02. The summed E-state index contributed by atoms with van der Waals surface area (Å²) in [5.74, 6) is 1.33. The third kappa shape index (κ3) is 4.62. The van der Waals surface area contributed by atoms with E-state index in [0.29, 0.717) is 11.8 Å². The number of carbonyl (C=O) groups excluding carboxylic acids is 1. The number of rotatable bonds is 4. The number of hydrogen-bond donors (Lipinski definition) is 2. The molecular weight excluding hydrogens is 260 g/mol. The van der Waals surface area contributed by atoms with Crippen molar-refractivity contribution in [3.8, 4) is 0 Å². The lowest BCUT2D eigenvalue weighted by Gasteiger charge is -2.26. The van der Waals surface area contributed by atoms with Crippen LogP contribution in [0.3, 0.4) is 0 Å². The van der Waals surface area contributed by atoms with Crippen LogP contribution in [-0.4, -0.2) is 12.5 Å². The zero-order chi connectivity index (χ0) is 15.4. The molecule has 0 aromatic heterocycles. The van der Waals surface area contributed by atoms with Crippen molar-refractivity contribution in [2.24, 2.45) is 11.8 Å². The summed E-state index contributed by atoms with van der Waals surface area (Å²) in [7, 11) is 0. The Labute approximate surface area is 127 Å². The molecule has 0 bridgehead atoms. The molecule has 1 aliphatic rings. The van der Waals surface area contributed by atoms with E-state index in [1.165, 1.54) is 30.9 Å². The third-order valence-corrected chi connectivity index (χ3v) is 4.02. The van der Waals surface area contributed by atoms with Crippen LogP contribution >= 0.6 is 0 Å². The van der Waals surface area contributed by atoms with Crippen LogP contribution in [0.4, 0.5) is 11.4 Å². The second-order valence-corrected chi connectivity index (χ2v) is 6.39. The molecule has 3 nitrogen and oxygen atoms in total. The second-order valence-electron chi connectivity index (χ2n) is 6.39. The minimum Gasteiger partial charge on any atom is -0.384 e. The fraction of sp³-hybridized carbons (Fsp3) is 0.500. The number of carbonyl (C=O) groups is 1. The van der Waals surface area contributed by atoms with E-state index in [9.17, 15) is 4.79 Å². The van der Waals surface area contributed by atoms with Crippen LogP contribution in [0.5, 0.6) is 0 Å². The summed E-state index contributed by atoms with van der Waals surface area (Å²) in [6, 6.07) is 6.01. The molecule has 1 aromatic rings. The first kappa shape index (κ1) is 15.6. The van der Waals surface area contributed by atoms with Crippen molar-refractivity contribution in [1.82, 2.24) is 0 Å². The fourth-order valence-corrected chi connectivity index (χ4v) is 3.19.